The van der Waals surface area contributed by atoms with Gasteiger partial charge in [-0.25, -0.2) is 8.78 Å². The quantitative estimate of drug-likeness (QED) is 0.301. The molecule has 202 valence electrons. The topological polar surface area (TPSA) is 50.5 Å². The molecule has 2 aromatic carbocycles. The molecule has 2 aromatic heterocycles. The average Bonchev–Trinajstić information content (AvgIpc) is 3.53. The lowest BCUT2D eigenvalue weighted by molar-refractivity contribution is -0.228. The lowest BCUT2D eigenvalue weighted by atomic mass is 9.63. The molecule has 39 heavy (non-hydrogen) atoms. The smallest absolute Gasteiger partial charge is 0.335 e. The van der Waals surface area contributed by atoms with Gasteiger partial charge in [-0.05, 0) is 79.1 Å². The van der Waals surface area contributed by atoms with Gasteiger partial charge in [-0.15, -0.1) is 10.2 Å². The van der Waals surface area contributed by atoms with Gasteiger partial charge in [-0.1, -0.05) is 30.3 Å². The Morgan fingerprint density at radius 3 is 2.59 bits per heavy atom. The highest BCUT2D eigenvalue weighted by Gasteiger charge is 2.55. The Balaban J connectivity index is 1.42. The third kappa shape index (κ3) is 4.08. The first-order chi connectivity index (χ1) is 18.5. The summed E-state index contributed by atoms with van der Waals surface area (Å²) in [5.41, 5.74) is -1.14. The Bertz CT molecular complexity index is 1560. The highest BCUT2D eigenvalue weighted by atomic mass is 19.4. The molecule has 4 aromatic rings. The number of likely N-dealkylation sites (tertiary alicyclic amines) is 1. The van der Waals surface area contributed by atoms with E-state index in [1.807, 2.05) is 4.90 Å². The van der Waals surface area contributed by atoms with Crippen molar-refractivity contribution in [3.05, 3.63) is 101 Å². The molecule has 1 fully saturated rings. The van der Waals surface area contributed by atoms with Gasteiger partial charge < -0.3 is 4.90 Å². The summed E-state index contributed by atoms with van der Waals surface area (Å²) >= 11 is 0. The molecule has 3 heterocycles. The Morgan fingerprint density at radius 1 is 1.08 bits per heavy atom. The summed E-state index contributed by atoms with van der Waals surface area (Å²) in [5, 5.41) is 7.83. The van der Waals surface area contributed by atoms with Gasteiger partial charge in [0.25, 0.3) is 5.91 Å². The van der Waals surface area contributed by atoms with Crippen molar-refractivity contribution in [1.82, 2.24) is 19.5 Å². The molecule has 2 aliphatic rings. The molecular formula is C29H25F5N4O. The molecule has 1 aliphatic carbocycles. The van der Waals surface area contributed by atoms with E-state index in [2.05, 4.69) is 10.2 Å². The van der Waals surface area contributed by atoms with Crippen LogP contribution in [0.1, 0.15) is 52.4 Å². The maximum atomic E-state index is 14.9. The van der Waals surface area contributed by atoms with Gasteiger partial charge in [0.15, 0.2) is 5.65 Å². The van der Waals surface area contributed by atoms with E-state index in [-0.39, 0.29) is 17.8 Å². The molecule has 10 heteroatoms. The van der Waals surface area contributed by atoms with Crippen LogP contribution in [0.5, 0.6) is 0 Å². The highest BCUT2D eigenvalue weighted by Crippen LogP contribution is 2.51. The van der Waals surface area contributed by atoms with Crippen molar-refractivity contribution in [1.29, 1.82) is 0 Å². The number of aromatic nitrogens is 3. The van der Waals surface area contributed by atoms with Crippen molar-refractivity contribution < 1.29 is 26.7 Å². The fourth-order valence-electron chi connectivity index (χ4n) is 6.35. The molecule has 0 radical (unpaired) electrons. The van der Waals surface area contributed by atoms with Crippen LogP contribution in [0.25, 0.3) is 5.65 Å². The van der Waals surface area contributed by atoms with Crippen LogP contribution in [0.2, 0.25) is 0 Å². The number of carbonyl (C=O) groups is 1. The summed E-state index contributed by atoms with van der Waals surface area (Å²) in [6, 6.07) is 13.4. The van der Waals surface area contributed by atoms with Crippen molar-refractivity contribution in [3.8, 4) is 0 Å². The largest absolute Gasteiger partial charge is 0.426 e. The first-order valence-electron chi connectivity index (χ1n) is 12.7. The second-order valence-corrected chi connectivity index (χ2v) is 10.6. The van der Waals surface area contributed by atoms with Crippen LogP contribution in [0.4, 0.5) is 22.0 Å². The standard InChI is InChI=1S/C29H25F5N4O/c1-27(31,29(32,33)34)21-6-9-23-19(14-21)4-10-24-28(23,15-18-2-7-22(30)8-3-18)12-13-38(24)26(39)20-5-11-25-36-35-17-37(25)16-20/h2-3,5-9,11,14,16-17,24H,4,10,12-13,15H2,1H3/t24-,27?,28-/m1/s1. The van der Waals surface area contributed by atoms with Gasteiger partial charge in [0.2, 0.25) is 5.67 Å². The van der Waals surface area contributed by atoms with Crippen molar-refractivity contribution in [2.24, 2.45) is 0 Å². The SMILES string of the molecule is CC(F)(c1ccc2c(c1)CC[C@H]1N(C(=O)c3ccc4nncn4c3)CC[C@@]21Cc1ccc(F)cc1)C(F)(F)F. The number of hydrogen-bond acceptors (Lipinski definition) is 3. The number of benzene rings is 2. The van der Waals surface area contributed by atoms with Crippen molar-refractivity contribution in [2.75, 3.05) is 6.54 Å². The van der Waals surface area contributed by atoms with Crippen LogP contribution >= 0.6 is 0 Å². The van der Waals surface area contributed by atoms with Crippen molar-refractivity contribution in [3.63, 3.8) is 0 Å². The van der Waals surface area contributed by atoms with Crippen molar-refractivity contribution >= 4 is 11.6 Å². The molecule has 6 rings (SSSR count). The molecular weight excluding hydrogens is 515 g/mol. The van der Waals surface area contributed by atoms with E-state index in [0.29, 0.717) is 55.9 Å². The van der Waals surface area contributed by atoms with E-state index in [4.69, 9.17) is 0 Å². The first-order valence-corrected chi connectivity index (χ1v) is 12.7. The van der Waals surface area contributed by atoms with Crippen LogP contribution < -0.4 is 0 Å². The van der Waals surface area contributed by atoms with Crippen LogP contribution in [0.3, 0.4) is 0 Å². The fraction of sp³-hybridized carbons (Fsp3) is 0.345. The molecule has 1 amide bonds. The van der Waals surface area contributed by atoms with E-state index < -0.39 is 22.8 Å². The number of amides is 1. The zero-order valence-electron chi connectivity index (χ0n) is 21.1. The lowest BCUT2D eigenvalue weighted by Crippen LogP contribution is -2.49. The van der Waals surface area contributed by atoms with E-state index in [1.54, 1.807) is 40.9 Å². The molecule has 0 saturated carbocycles. The number of pyridine rings is 1. The minimum Gasteiger partial charge on any atom is -0.335 e. The van der Waals surface area contributed by atoms with Gasteiger partial charge in [0.05, 0.1) is 5.56 Å². The van der Waals surface area contributed by atoms with E-state index >= 15 is 0 Å². The molecule has 1 aliphatic heterocycles. The van der Waals surface area contributed by atoms with E-state index in [1.165, 1.54) is 30.6 Å². The first kappa shape index (κ1) is 25.5. The summed E-state index contributed by atoms with van der Waals surface area (Å²) in [6.07, 6.45) is 0.0862. The van der Waals surface area contributed by atoms with Gasteiger partial charge in [-0.3, -0.25) is 9.20 Å². The average molecular weight is 541 g/mol. The van der Waals surface area contributed by atoms with Crippen LogP contribution in [-0.2, 0) is 23.9 Å². The van der Waals surface area contributed by atoms with E-state index in [0.717, 1.165) is 11.1 Å². The summed E-state index contributed by atoms with van der Waals surface area (Å²) < 4.78 is 70.7. The number of nitrogens with zero attached hydrogens (tertiary/aromatic N) is 4. The zero-order chi connectivity index (χ0) is 27.6. The Hall–Kier alpha value is -3.82. The number of halogens is 5. The molecule has 1 saturated heterocycles. The number of fused-ring (bicyclic) bond motifs is 4. The van der Waals surface area contributed by atoms with Gasteiger partial charge >= 0.3 is 6.18 Å². The monoisotopic (exact) mass is 540 g/mol. The highest BCUT2D eigenvalue weighted by molar-refractivity contribution is 5.95. The second-order valence-electron chi connectivity index (χ2n) is 10.6. The maximum absolute atomic E-state index is 14.9. The van der Waals surface area contributed by atoms with Crippen LogP contribution in [0, 0.1) is 5.82 Å². The van der Waals surface area contributed by atoms with Crippen molar-refractivity contribution in [2.45, 2.75) is 55.9 Å². The Kier molecular flexibility index (Phi) is 5.78. The minimum absolute atomic E-state index is 0.162. The zero-order valence-corrected chi connectivity index (χ0v) is 21.1. The number of aryl methyl sites for hydroxylation is 1. The Labute approximate surface area is 221 Å². The maximum Gasteiger partial charge on any atom is 0.426 e. The van der Waals surface area contributed by atoms with Crippen LogP contribution in [-0.4, -0.2) is 44.2 Å². The number of alkyl halides is 4. The Morgan fingerprint density at radius 2 is 1.85 bits per heavy atom. The molecule has 1 unspecified atom stereocenters. The summed E-state index contributed by atoms with van der Waals surface area (Å²) in [4.78, 5) is 15.6. The summed E-state index contributed by atoms with van der Waals surface area (Å²) in [7, 11) is 0. The summed E-state index contributed by atoms with van der Waals surface area (Å²) in [5.74, 6) is -0.534. The predicted molar refractivity (Wildman–Crippen MR) is 133 cm³/mol. The lowest BCUT2D eigenvalue weighted by Gasteiger charge is -2.44. The third-order valence-electron chi connectivity index (χ3n) is 8.45. The number of rotatable bonds is 4. The molecule has 0 bridgehead atoms. The summed E-state index contributed by atoms with van der Waals surface area (Å²) in [6.45, 7) is 0.979. The van der Waals surface area contributed by atoms with Gasteiger partial charge in [-0.2, -0.15) is 13.2 Å². The van der Waals surface area contributed by atoms with Gasteiger partial charge in [0.1, 0.15) is 12.1 Å². The molecule has 0 spiro atoms. The molecule has 0 N–H and O–H groups in total. The second kappa shape index (κ2) is 8.86. The van der Waals surface area contributed by atoms with Gasteiger partial charge in [0, 0.05) is 24.2 Å². The third-order valence-corrected chi connectivity index (χ3v) is 8.45. The van der Waals surface area contributed by atoms with Crippen LogP contribution in [0.15, 0.2) is 67.1 Å². The number of hydrogen-bond donors (Lipinski definition) is 0. The molecule has 5 nitrogen and oxygen atoms in total. The molecule has 3 atom stereocenters. The number of carbonyl (C=O) groups excluding carboxylic acids is 1. The van der Waals surface area contributed by atoms with E-state index in [9.17, 15) is 26.7 Å². The predicted octanol–water partition coefficient (Wildman–Crippen LogP) is 5.96. The fourth-order valence-corrected chi connectivity index (χ4v) is 6.35. The normalized spacial score (nSPS) is 22.4. The minimum atomic E-state index is -5.05.